The van der Waals surface area contributed by atoms with Crippen LogP contribution < -0.4 is 20.9 Å². The number of fused-ring (bicyclic) bond motifs is 1. The maximum Gasteiger partial charge on any atom is 0.255 e. The van der Waals surface area contributed by atoms with Gasteiger partial charge in [0, 0.05) is 37.8 Å². The summed E-state index contributed by atoms with van der Waals surface area (Å²) >= 11 is 0. The molecule has 1 saturated heterocycles. The summed E-state index contributed by atoms with van der Waals surface area (Å²) in [7, 11) is 0. The lowest BCUT2D eigenvalue weighted by Crippen LogP contribution is -2.48. The number of anilines is 2. The van der Waals surface area contributed by atoms with Gasteiger partial charge in [-0.05, 0) is 31.7 Å². The second kappa shape index (κ2) is 6.14. The summed E-state index contributed by atoms with van der Waals surface area (Å²) in [6.45, 7) is 3.08. The molecule has 1 aliphatic heterocycles. The average molecular weight is 327 g/mol. The summed E-state index contributed by atoms with van der Waals surface area (Å²) in [4.78, 5) is 38.5. The number of rotatable bonds is 2. The van der Waals surface area contributed by atoms with Crippen molar-refractivity contribution in [1.29, 1.82) is 0 Å². The highest BCUT2D eigenvalue weighted by Crippen LogP contribution is 2.19. The van der Waals surface area contributed by atoms with Gasteiger partial charge in [-0.3, -0.25) is 14.6 Å². The molecule has 1 aliphatic carbocycles. The standard InChI is InChI=1S/C17H21N5O2/c23-15-7-3-6-14(19-15)21-8-10-22(11-9-21)17-18-13-5-2-1-4-12(13)16(24)20-17/h3,6-7H,1-2,4-5,8-11H2,(H,19,23)(H,18,20,24). The Labute approximate surface area is 139 Å². The number of aryl methyl sites for hydroxylation is 1. The Balaban J connectivity index is 1.51. The molecule has 0 unspecified atom stereocenters. The molecular formula is C17H21N5O2. The zero-order valence-electron chi connectivity index (χ0n) is 13.5. The lowest BCUT2D eigenvalue weighted by atomic mass is 9.97. The molecule has 7 nitrogen and oxygen atoms in total. The van der Waals surface area contributed by atoms with Gasteiger partial charge < -0.3 is 14.8 Å². The smallest absolute Gasteiger partial charge is 0.255 e. The van der Waals surface area contributed by atoms with Crippen molar-refractivity contribution in [3.63, 3.8) is 0 Å². The van der Waals surface area contributed by atoms with Crippen LogP contribution in [0.5, 0.6) is 0 Å². The second-order valence-corrected chi connectivity index (χ2v) is 6.40. The molecule has 3 heterocycles. The third kappa shape index (κ3) is 2.81. The topological polar surface area (TPSA) is 85.1 Å². The van der Waals surface area contributed by atoms with Crippen molar-refractivity contribution in [2.24, 2.45) is 0 Å². The fraction of sp³-hybridized carbons (Fsp3) is 0.471. The fourth-order valence-electron chi connectivity index (χ4n) is 3.52. The number of piperazine rings is 1. The molecule has 0 radical (unpaired) electrons. The Hall–Kier alpha value is -2.57. The summed E-state index contributed by atoms with van der Waals surface area (Å²) in [5.41, 5.74) is 1.76. The Morgan fingerprint density at radius 3 is 2.46 bits per heavy atom. The van der Waals surface area contributed by atoms with E-state index in [0.29, 0.717) is 5.95 Å². The van der Waals surface area contributed by atoms with E-state index in [9.17, 15) is 9.59 Å². The highest BCUT2D eigenvalue weighted by molar-refractivity contribution is 5.42. The fourth-order valence-corrected chi connectivity index (χ4v) is 3.52. The normalized spacial score (nSPS) is 17.7. The van der Waals surface area contributed by atoms with E-state index < -0.39 is 0 Å². The van der Waals surface area contributed by atoms with E-state index in [1.54, 1.807) is 6.07 Å². The first-order valence-electron chi connectivity index (χ1n) is 8.52. The molecule has 0 bridgehead atoms. The van der Waals surface area contributed by atoms with Gasteiger partial charge in [0.2, 0.25) is 11.5 Å². The largest absolute Gasteiger partial charge is 0.355 e. The summed E-state index contributed by atoms with van der Waals surface area (Å²) in [6.07, 6.45) is 3.92. The summed E-state index contributed by atoms with van der Waals surface area (Å²) in [6, 6.07) is 5.20. The highest BCUT2D eigenvalue weighted by Gasteiger charge is 2.22. The lowest BCUT2D eigenvalue weighted by molar-refractivity contribution is 0.617. The molecule has 2 N–H and O–H groups in total. The maximum atomic E-state index is 12.3. The van der Waals surface area contributed by atoms with Crippen molar-refractivity contribution in [2.45, 2.75) is 25.7 Å². The Morgan fingerprint density at radius 2 is 1.67 bits per heavy atom. The summed E-state index contributed by atoms with van der Waals surface area (Å²) in [5.74, 6) is 1.52. The minimum Gasteiger partial charge on any atom is -0.355 e. The number of nitrogens with zero attached hydrogens (tertiary/aromatic N) is 3. The van der Waals surface area contributed by atoms with Gasteiger partial charge in [0.05, 0.1) is 5.69 Å². The molecule has 0 spiro atoms. The molecule has 2 aromatic rings. The first kappa shape index (κ1) is 15.0. The van der Waals surface area contributed by atoms with E-state index in [-0.39, 0.29) is 11.1 Å². The minimum atomic E-state index is -0.0874. The van der Waals surface area contributed by atoms with Crippen molar-refractivity contribution in [1.82, 2.24) is 15.0 Å². The quantitative estimate of drug-likeness (QED) is 0.846. The third-order valence-electron chi connectivity index (χ3n) is 4.85. The molecule has 24 heavy (non-hydrogen) atoms. The summed E-state index contributed by atoms with van der Waals surface area (Å²) < 4.78 is 0. The number of hydrogen-bond donors (Lipinski definition) is 2. The van der Waals surface area contributed by atoms with Crippen LogP contribution in [0.4, 0.5) is 11.8 Å². The number of aromatic nitrogens is 3. The van der Waals surface area contributed by atoms with Crippen LogP contribution in [0.15, 0.2) is 27.8 Å². The first-order chi connectivity index (χ1) is 11.7. The van der Waals surface area contributed by atoms with Crippen LogP contribution in [0.2, 0.25) is 0 Å². The Bertz CT molecular complexity index is 849. The molecular weight excluding hydrogens is 306 g/mol. The maximum absolute atomic E-state index is 12.3. The van der Waals surface area contributed by atoms with Gasteiger partial charge in [0.25, 0.3) is 5.56 Å². The molecule has 2 aromatic heterocycles. The number of nitrogens with one attached hydrogen (secondary N) is 2. The Morgan fingerprint density at radius 1 is 0.917 bits per heavy atom. The average Bonchev–Trinajstić information content (AvgIpc) is 2.62. The van der Waals surface area contributed by atoms with Gasteiger partial charge in [-0.25, -0.2) is 4.98 Å². The van der Waals surface area contributed by atoms with Crippen molar-refractivity contribution >= 4 is 11.8 Å². The SMILES string of the molecule is O=c1cccc(N2CCN(c3nc4c(c(=O)[nH]3)CCCC4)CC2)[nH]1. The molecule has 1 fully saturated rings. The van der Waals surface area contributed by atoms with E-state index in [0.717, 1.165) is 68.9 Å². The number of pyridine rings is 1. The first-order valence-corrected chi connectivity index (χ1v) is 8.52. The van der Waals surface area contributed by atoms with Crippen molar-refractivity contribution in [3.05, 3.63) is 50.2 Å². The van der Waals surface area contributed by atoms with Gasteiger partial charge >= 0.3 is 0 Å². The summed E-state index contributed by atoms with van der Waals surface area (Å²) in [5, 5.41) is 0. The highest BCUT2D eigenvalue weighted by atomic mass is 16.1. The monoisotopic (exact) mass is 327 g/mol. The lowest BCUT2D eigenvalue weighted by Gasteiger charge is -2.36. The zero-order chi connectivity index (χ0) is 16.5. The van der Waals surface area contributed by atoms with Crippen molar-refractivity contribution < 1.29 is 0 Å². The third-order valence-corrected chi connectivity index (χ3v) is 4.85. The second-order valence-electron chi connectivity index (χ2n) is 6.40. The van der Waals surface area contributed by atoms with Gasteiger partial charge in [-0.2, -0.15) is 0 Å². The van der Waals surface area contributed by atoms with Crippen molar-refractivity contribution in [3.8, 4) is 0 Å². The molecule has 0 atom stereocenters. The van der Waals surface area contributed by atoms with Crippen LogP contribution in [0.25, 0.3) is 0 Å². The zero-order valence-corrected chi connectivity index (χ0v) is 13.5. The molecule has 2 aliphatic rings. The van der Waals surface area contributed by atoms with E-state index in [1.807, 2.05) is 6.07 Å². The van der Waals surface area contributed by atoms with Crippen LogP contribution in [0.3, 0.4) is 0 Å². The molecule has 0 aromatic carbocycles. The van der Waals surface area contributed by atoms with Crippen LogP contribution in [0, 0.1) is 0 Å². The van der Waals surface area contributed by atoms with E-state index in [4.69, 9.17) is 4.98 Å². The van der Waals surface area contributed by atoms with Gasteiger partial charge in [-0.1, -0.05) is 6.07 Å². The number of hydrogen-bond acceptors (Lipinski definition) is 5. The molecule has 7 heteroatoms. The van der Waals surface area contributed by atoms with Gasteiger partial charge in [-0.15, -0.1) is 0 Å². The minimum absolute atomic E-state index is 0.0181. The van der Waals surface area contributed by atoms with Crippen LogP contribution in [0.1, 0.15) is 24.1 Å². The number of aromatic amines is 2. The van der Waals surface area contributed by atoms with E-state index >= 15 is 0 Å². The van der Waals surface area contributed by atoms with E-state index in [2.05, 4.69) is 19.8 Å². The molecule has 0 amide bonds. The van der Waals surface area contributed by atoms with Crippen molar-refractivity contribution in [2.75, 3.05) is 36.0 Å². The predicted molar refractivity (Wildman–Crippen MR) is 93.0 cm³/mol. The van der Waals surface area contributed by atoms with Crippen LogP contribution >= 0.6 is 0 Å². The number of H-pyrrole nitrogens is 2. The van der Waals surface area contributed by atoms with Gasteiger partial charge in [0.1, 0.15) is 5.82 Å². The molecule has 126 valence electrons. The van der Waals surface area contributed by atoms with Crippen LogP contribution in [-0.4, -0.2) is 41.1 Å². The van der Waals surface area contributed by atoms with E-state index in [1.165, 1.54) is 6.07 Å². The van der Waals surface area contributed by atoms with Crippen LogP contribution in [-0.2, 0) is 12.8 Å². The molecule has 0 saturated carbocycles. The molecule has 4 rings (SSSR count). The Kier molecular flexibility index (Phi) is 3.84. The van der Waals surface area contributed by atoms with Gasteiger partial charge in [0.15, 0.2) is 0 Å². The predicted octanol–water partition coefficient (Wildman–Crippen LogP) is 0.664.